The number of aliphatic carboxylic acids is 1. The molecule has 0 aliphatic heterocycles. The molecule has 0 spiro atoms. The summed E-state index contributed by atoms with van der Waals surface area (Å²) in [6.07, 6.45) is 4.03. The van der Waals surface area contributed by atoms with Gasteiger partial charge in [-0.15, -0.1) is 11.3 Å². The van der Waals surface area contributed by atoms with Crippen molar-refractivity contribution in [3.63, 3.8) is 0 Å². The van der Waals surface area contributed by atoms with Crippen LogP contribution in [0.5, 0.6) is 0 Å². The van der Waals surface area contributed by atoms with Gasteiger partial charge in [-0.05, 0) is 49.0 Å². The van der Waals surface area contributed by atoms with E-state index in [1.165, 1.54) is 11.3 Å². The lowest BCUT2D eigenvalue weighted by molar-refractivity contribution is -0.144. The molecule has 1 heterocycles. The topological polar surface area (TPSA) is 152 Å². The van der Waals surface area contributed by atoms with E-state index in [-0.39, 0.29) is 59.9 Å². The van der Waals surface area contributed by atoms with E-state index in [1.54, 1.807) is 12.3 Å². The fourth-order valence-electron chi connectivity index (χ4n) is 6.53. The number of amides is 2. The van der Waals surface area contributed by atoms with E-state index in [0.717, 1.165) is 31.2 Å². The number of benzene rings is 1. The molecule has 0 radical (unpaired) electrons. The number of hydrogen-bond acceptors (Lipinski definition) is 8. The normalized spacial score (nSPS) is 16.3. The molecule has 10 nitrogen and oxygen atoms in total. The molecule has 0 unspecified atom stereocenters. The summed E-state index contributed by atoms with van der Waals surface area (Å²) in [6, 6.07) is 8.49. The predicted octanol–water partition coefficient (Wildman–Crippen LogP) is 7.71. The first-order valence-electron chi connectivity index (χ1n) is 19.4. The van der Waals surface area contributed by atoms with Crippen molar-refractivity contribution < 1.29 is 29.0 Å². The summed E-state index contributed by atoms with van der Waals surface area (Å²) in [4.78, 5) is 59.9. The first-order chi connectivity index (χ1) is 24.7. The lowest BCUT2D eigenvalue weighted by Gasteiger charge is -2.39. The van der Waals surface area contributed by atoms with E-state index >= 15 is 0 Å². The first-order valence-corrected chi connectivity index (χ1v) is 20.3. The molecular formula is C41H66N4O6S. The van der Waals surface area contributed by atoms with Gasteiger partial charge in [-0.25, -0.2) is 4.98 Å². The van der Waals surface area contributed by atoms with Crippen LogP contribution in [0.4, 0.5) is 0 Å². The van der Waals surface area contributed by atoms with Crippen molar-refractivity contribution in [2.45, 2.75) is 138 Å². The summed E-state index contributed by atoms with van der Waals surface area (Å²) in [6.45, 7) is 19.1. The average molecular weight is 743 g/mol. The van der Waals surface area contributed by atoms with Gasteiger partial charge in [0.05, 0.1) is 12.0 Å². The number of thiazole rings is 1. The number of aromatic nitrogens is 1. The van der Waals surface area contributed by atoms with Gasteiger partial charge in [-0.3, -0.25) is 19.2 Å². The third kappa shape index (κ3) is 13.7. The largest absolute Gasteiger partial charge is 0.481 e. The van der Waals surface area contributed by atoms with Crippen LogP contribution in [0.2, 0.25) is 0 Å². The Kier molecular flexibility index (Phi) is 19.7. The number of rotatable bonds is 25. The Balaban J connectivity index is 2.39. The van der Waals surface area contributed by atoms with Crippen LogP contribution in [0.3, 0.4) is 0 Å². The second-order valence-electron chi connectivity index (χ2n) is 14.9. The molecule has 8 atom stereocenters. The van der Waals surface area contributed by atoms with E-state index in [9.17, 15) is 24.3 Å². The van der Waals surface area contributed by atoms with Crippen LogP contribution < -0.4 is 11.1 Å². The van der Waals surface area contributed by atoms with Gasteiger partial charge >= 0.3 is 5.97 Å². The maximum absolute atomic E-state index is 14.5. The van der Waals surface area contributed by atoms with Gasteiger partial charge in [-0.1, -0.05) is 105 Å². The number of nitrogens with one attached hydrogen (secondary N) is 1. The van der Waals surface area contributed by atoms with E-state index < -0.39 is 36.0 Å². The molecule has 0 saturated carbocycles. The smallest absolute Gasteiger partial charge is 0.306 e. The molecule has 52 heavy (non-hydrogen) atoms. The summed E-state index contributed by atoms with van der Waals surface area (Å²) < 4.78 is 6.40. The van der Waals surface area contributed by atoms with Crippen LogP contribution in [-0.4, -0.2) is 69.8 Å². The minimum atomic E-state index is -0.911. The van der Waals surface area contributed by atoms with Crippen molar-refractivity contribution in [1.82, 2.24) is 15.2 Å². The average Bonchev–Trinajstić information content (AvgIpc) is 3.62. The van der Waals surface area contributed by atoms with Gasteiger partial charge in [0.1, 0.15) is 16.8 Å². The van der Waals surface area contributed by atoms with Crippen LogP contribution >= 0.6 is 11.3 Å². The quantitative estimate of drug-likeness (QED) is 0.0936. The molecule has 0 aliphatic rings. The molecule has 0 fully saturated rings. The third-order valence-electron chi connectivity index (χ3n) is 10.3. The Morgan fingerprint density at radius 2 is 1.60 bits per heavy atom. The fraction of sp³-hybridized carbons (Fsp3) is 0.683. The zero-order chi connectivity index (χ0) is 39.0. The van der Waals surface area contributed by atoms with Crippen LogP contribution in [0, 0.1) is 29.6 Å². The summed E-state index contributed by atoms with van der Waals surface area (Å²) in [5, 5.41) is 15.0. The highest BCUT2D eigenvalue weighted by Crippen LogP contribution is 2.33. The lowest BCUT2D eigenvalue weighted by Crippen LogP contribution is -2.49. The highest BCUT2D eigenvalue weighted by molar-refractivity contribution is 7.09. The minimum absolute atomic E-state index is 0.00382. The number of nitrogens with zero attached hydrogens (tertiary/aromatic N) is 2. The molecule has 2 rings (SSSR count). The highest BCUT2D eigenvalue weighted by atomic mass is 32.1. The summed E-state index contributed by atoms with van der Waals surface area (Å²) in [5.41, 5.74) is 7.60. The number of carbonyl (C=O) groups is 4. The SMILES string of the molecule is CCCO[C@H](C[C@H](C(C)C)N(CCC)C(=O)[C@@H](CC(=O)[C@H](N)[C@@H](C)CC)[C@@H](C)CC)c1nc(C(=O)N[C@@H](Cc2ccccc2)C[C@H](C)C(=O)O)cs1. The van der Waals surface area contributed by atoms with E-state index in [1.807, 2.05) is 62.9 Å². The van der Waals surface area contributed by atoms with Crippen molar-refractivity contribution in [2.24, 2.45) is 35.3 Å². The standard InChI is InChI=1S/C41H66N4O6S/c1-10-19-45(40(48)32(27(7)12-3)23-35(46)37(42)28(8)13-4)34(26(5)6)24-36(51-20-11-2)39-44-33(25-52-39)38(47)43-31(21-29(9)41(49)50)22-30-17-15-14-16-18-30/h14-18,25-29,31-32,34,36-37H,10-13,19-24,42H2,1-9H3,(H,43,47)(H,49,50)/t27-,28-,29-,31+,32-,34+,36+,37+/m0/s1. The summed E-state index contributed by atoms with van der Waals surface area (Å²) >= 11 is 1.35. The first kappa shape index (κ1) is 45.0. The monoisotopic (exact) mass is 742 g/mol. The van der Waals surface area contributed by atoms with Gasteiger partial charge in [0.2, 0.25) is 5.91 Å². The number of carboxylic acids is 1. The molecule has 292 valence electrons. The zero-order valence-electron chi connectivity index (χ0n) is 33.1. The maximum Gasteiger partial charge on any atom is 0.306 e. The fourth-order valence-corrected chi connectivity index (χ4v) is 7.39. The van der Waals surface area contributed by atoms with Gasteiger partial charge in [0.25, 0.3) is 5.91 Å². The van der Waals surface area contributed by atoms with Crippen molar-refractivity contribution in [1.29, 1.82) is 0 Å². The Labute approximate surface area is 316 Å². The molecule has 1 aromatic carbocycles. The van der Waals surface area contributed by atoms with Crippen LogP contribution in [0.1, 0.15) is 134 Å². The molecule has 0 bridgehead atoms. The number of ether oxygens (including phenoxy) is 1. The number of ketones is 1. The number of hydrogen-bond donors (Lipinski definition) is 3. The second kappa shape index (κ2) is 22.8. The zero-order valence-corrected chi connectivity index (χ0v) is 33.9. The second-order valence-corrected chi connectivity index (χ2v) is 15.8. The van der Waals surface area contributed by atoms with Crippen LogP contribution in [-0.2, 0) is 25.5 Å². The van der Waals surface area contributed by atoms with E-state index in [2.05, 4.69) is 33.0 Å². The molecule has 0 aliphatic carbocycles. The molecule has 0 saturated heterocycles. The lowest BCUT2D eigenvalue weighted by atomic mass is 9.82. The van der Waals surface area contributed by atoms with Crippen LogP contribution in [0.15, 0.2) is 35.7 Å². The Hall–Kier alpha value is -3.15. The Morgan fingerprint density at radius 3 is 2.15 bits per heavy atom. The molecule has 2 aromatic rings. The molecular weight excluding hydrogens is 677 g/mol. The van der Waals surface area contributed by atoms with Gasteiger partial charge in [0.15, 0.2) is 5.78 Å². The highest BCUT2D eigenvalue weighted by Gasteiger charge is 2.37. The Bertz CT molecular complexity index is 1380. The number of Topliss-reactive ketones (excluding diaryl/α,β-unsaturated/α-hetero) is 1. The van der Waals surface area contributed by atoms with E-state index in [0.29, 0.717) is 31.0 Å². The molecule has 11 heteroatoms. The maximum atomic E-state index is 14.5. The molecule has 1 aromatic heterocycles. The van der Waals surface area contributed by atoms with Gasteiger partial charge in [0, 0.05) is 49.4 Å². The van der Waals surface area contributed by atoms with Crippen LogP contribution in [0.25, 0.3) is 0 Å². The predicted molar refractivity (Wildman–Crippen MR) is 209 cm³/mol. The summed E-state index contributed by atoms with van der Waals surface area (Å²) in [5.74, 6) is -2.34. The van der Waals surface area contributed by atoms with E-state index in [4.69, 9.17) is 15.5 Å². The van der Waals surface area contributed by atoms with Crippen molar-refractivity contribution in [3.8, 4) is 0 Å². The summed E-state index contributed by atoms with van der Waals surface area (Å²) in [7, 11) is 0. The minimum Gasteiger partial charge on any atom is -0.481 e. The van der Waals surface area contributed by atoms with Gasteiger partial charge < -0.3 is 25.8 Å². The van der Waals surface area contributed by atoms with Crippen molar-refractivity contribution in [2.75, 3.05) is 13.2 Å². The number of carbonyl (C=O) groups excluding carboxylic acids is 3. The van der Waals surface area contributed by atoms with Crippen molar-refractivity contribution >= 4 is 34.9 Å². The van der Waals surface area contributed by atoms with Gasteiger partial charge in [-0.2, -0.15) is 0 Å². The third-order valence-corrected chi connectivity index (χ3v) is 11.3. The molecule has 4 N–H and O–H groups in total. The molecule has 2 amide bonds. The number of nitrogens with two attached hydrogens (primary N) is 1. The van der Waals surface area contributed by atoms with Crippen molar-refractivity contribution in [3.05, 3.63) is 52.0 Å². The number of carboxylic acid groups (broad SMARTS) is 1. The Morgan fingerprint density at radius 1 is 0.942 bits per heavy atom.